The van der Waals surface area contributed by atoms with E-state index in [1.165, 1.54) is 0 Å². The van der Waals surface area contributed by atoms with Crippen LogP contribution in [-0.4, -0.2) is 12.2 Å². The zero-order chi connectivity index (χ0) is 45.5. The van der Waals surface area contributed by atoms with Crippen LogP contribution in [0.2, 0.25) is 0 Å². The molecule has 7 rings (SSSR count). The van der Waals surface area contributed by atoms with Gasteiger partial charge >= 0.3 is 30.6 Å². The van der Waals surface area contributed by atoms with Crippen LogP contribution < -0.4 is 27.1 Å². The Labute approximate surface area is 378 Å². The summed E-state index contributed by atoms with van der Waals surface area (Å²) in [6, 6.07) is 45.4. The van der Waals surface area contributed by atoms with Crippen LogP contribution in [0.15, 0.2) is 164 Å². The second-order valence-corrected chi connectivity index (χ2v) is 24.4. The molecule has 0 N–H and O–H groups in total. The molecule has 0 atom stereocenters. The average Bonchev–Trinajstić information content (AvgIpc) is 3.16. The fourth-order valence-electron chi connectivity index (χ4n) is 6.43. The summed E-state index contributed by atoms with van der Waals surface area (Å²) in [5.74, 6) is 2.47. The average molecular weight is 941 g/mol. The van der Waals surface area contributed by atoms with Crippen molar-refractivity contribution in [2.45, 2.75) is 81.4 Å². The second kappa shape index (κ2) is 20.0. The third kappa shape index (κ3) is 12.6. The van der Waals surface area contributed by atoms with Gasteiger partial charge in [-0.3, -0.25) is 0 Å². The van der Waals surface area contributed by atoms with E-state index >= 15 is 0 Å². The van der Waals surface area contributed by atoms with E-state index in [1.54, 1.807) is 0 Å². The van der Waals surface area contributed by atoms with Crippen LogP contribution in [0.5, 0.6) is 34.5 Å². The molecule has 12 nitrogen and oxygen atoms in total. The molecule has 1 aliphatic rings. The third-order valence-electron chi connectivity index (χ3n) is 8.88. The smallest absolute Gasteiger partial charge is 0.413 e. The molecule has 64 heavy (non-hydrogen) atoms. The van der Waals surface area contributed by atoms with Crippen molar-refractivity contribution in [1.82, 2.24) is 0 Å². The first-order chi connectivity index (χ1) is 30.5. The Morgan fingerprint density at radius 1 is 0.297 bits per heavy atom. The largest absolute Gasteiger partial charge is 0.460 e. The van der Waals surface area contributed by atoms with Gasteiger partial charge in [-0.15, -0.1) is 9.03 Å². The van der Waals surface area contributed by atoms with E-state index in [-0.39, 0.29) is 0 Å². The topological polar surface area (TPSA) is 123 Å². The van der Waals surface area contributed by atoms with Gasteiger partial charge in [0.05, 0.1) is 12.2 Å². The summed E-state index contributed by atoms with van der Waals surface area (Å²) in [7, 11) is -17.0. The summed E-state index contributed by atoms with van der Waals surface area (Å²) < 4.78 is 79.0. The minimum absolute atomic E-state index is 0.403. The normalized spacial score (nSPS) is 15.8. The Bertz CT molecular complexity index is 2600. The molecule has 6 aromatic carbocycles. The number of hydrogen-bond donors (Lipinski definition) is 0. The van der Waals surface area contributed by atoms with Gasteiger partial charge in [0, 0.05) is 0 Å². The summed E-state index contributed by atoms with van der Waals surface area (Å²) in [6.45, 7) is 19.4. The predicted octanol–water partition coefficient (Wildman–Crippen LogP) is 17.0. The Hall–Kier alpha value is -5.04. The number of aryl methyl sites for hydroxylation is 6. The molecule has 0 spiro atoms. The minimum atomic E-state index is -4.34. The van der Waals surface area contributed by atoms with Gasteiger partial charge in [-0.1, -0.05) is 81.8 Å². The van der Waals surface area contributed by atoms with E-state index in [9.17, 15) is 0 Å². The van der Waals surface area contributed by atoms with E-state index in [0.717, 1.165) is 33.4 Å². The number of rotatable bonds is 16. The lowest BCUT2D eigenvalue weighted by molar-refractivity contribution is 0.169. The lowest BCUT2D eigenvalue weighted by Gasteiger charge is -2.34. The molecule has 16 heteroatoms. The summed E-state index contributed by atoms with van der Waals surface area (Å²) >= 11 is 0. The molecule has 1 heterocycles. The van der Waals surface area contributed by atoms with Crippen molar-refractivity contribution < 1.29 is 36.2 Å². The standard InChI is InChI=1S/C48H56N4O8P4/c1-35(2)53-61(54-36(3)4)49-62(55-43-23-11-17-37(5)29-43,56-44-24-12-18-38(6)30-44)51-64(59-47-27-15-21-41(9)33-47,60-48-28-16-22-42(10)34-48)52-63(50-61,57-45-25-13-19-39(7)31-45)58-46-26-14-20-40(8)32-46/h11-36H,1-10H3. The van der Waals surface area contributed by atoms with E-state index in [1.807, 2.05) is 215 Å². The van der Waals surface area contributed by atoms with Gasteiger partial charge in [0.15, 0.2) is 0 Å². The highest BCUT2D eigenvalue weighted by Crippen LogP contribution is 2.80. The predicted molar refractivity (Wildman–Crippen MR) is 261 cm³/mol. The third-order valence-corrected chi connectivity index (χ3v) is 20.2. The molecule has 0 fully saturated rings. The molecule has 0 bridgehead atoms. The fraction of sp³-hybridized carbons (Fsp3) is 0.250. The molecule has 0 radical (unpaired) electrons. The SMILES string of the molecule is Cc1cccc(OP2(Oc3cccc(C)c3)=NP(Oc3cccc(C)c3)(Oc3cccc(C)c3)=NP(OC(C)C)(OC(C)C)=NP(Oc3cccc(C)c3)(Oc3cccc(C)c3)=N2)c1. The number of nitrogens with zero attached hydrogens (tertiary/aromatic N) is 4. The van der Waals surface area contributed by atoms with Crippen molar-refractivity contribution in [3.05, 3.63) is 179 Å². The fourth-order valence-corrected chi connectivity index (χ4v) is 18.9. The summed E-state index contributed by atoms with van der Waals surface area (Å²) in [4.78, 5) is 0. The van der Waals surface area contributed by atoms with Crippen LogP contribution in [0.25, 0.3) is 0 Å². The van der Waals surface area contributed by atoms with E-state index < -0.39 is 42.8 Å². The summed E-state index contributed by atoms with van der Waals surface area (Å²) in [6.07, 6.45) is -0.990. The van der Waals surface area contributed by atoms with Crippen molar-refractivity contribution in [2.75, 3.05) is 0 Å². The van der Waals surface area contributed by atoms with Crippen LogP contribution in [0, 0.1) is 41.5 Å². The van der Waals surface area contributed by atoms with E-state index in [4.69, 9.17) is 54.3 Å². The van der Waals surface area contributed by atoms with Gasteiger partial charge < -0.3 is 36.2 Å². The lowest BCUT2D eigenvalue weighted by atomic mass is 10.2. The van der Waals surface area contributed by atoms with Crippen molar-refractivity contribution in [3.63, 3.8) is 0 Å². The van der Waals surface area contributed by atoms with Crippen molar-refractivity contribution in [3.8, 4) is 34.5 Å². The Morgan fingerprint density at radius 2 is 0.484 bits per heavy atom. The molecule has 0 aromatic heterocycles. The minimum Gasteiger partial charge on any atom is -0.413 e. The number of benzene rings is 6. The van der Waals surface area contributed by atoms with Gasteiger partial charge in [-0.25, -0.2) is 0 Å². The first kappa shape index (κ1) is 46.9. The molecule has 6 aromatic rings. The maximum absolute atomic E-state index is 7.19. The maximum Gasteiger partial charge on any atom is 0.460 e. The molecule has 1 aliphatic heterocycles. The molecular weight excluding hydrogens is 884 g/mol. The Kier molecular flexibility index (Phi) is 14.7. The first-order valence-electron chi connectivity index (χ1n) is 21.0. The van der Waals surface area contributed by atoms with Crippen LogP contribution in [-0.2, 0) is 9.05 Å². The highest BCUT2D eigenvalue weighted by molar-refractivity contribution is 7.79. The van der Waals surface area contributed by atoms with Gasteiger partial charge in [-0.05, 0) is 175 Å². The van der Waals surface area contributed by atoms with Crippen LogP contribution in [0.4, 0.5) is 0 Å². The molecule has 0 saturated heterocycles. The zero-order valence-corrected chi connectivity index (χ0v) is 41.4. The highest BCUT2D eigenvalue weighted by Gasteiger charge is 2.48. The van der Waals surface area contributed by atoms with E-state index in [0.29, 0.717) is 34.5 Å². The van der Waals surface area contributed by atoms with Gasteiger partial charge in [-0.2, -0.15) is 0 Å². The monoisotopic (exact) mass is 940 g/mol. The van der Waals surface area contributed by atoms with Gasteiger partial charge in [0.25, 0.3) is 0 Å². The molecule has 0 saturated carbocycles. The van der Waals surface area contributed by atoms with Crippen LogP contribution in [0.3, 0.4) is 0 Å². The highest BCUT2D eigenvalue weighted by atomic mass is 31.3. The molecule has 0 aliphatic carbocycles. The zero-order valence-electron chi connectivity index (χ0n) is 37.9. The number of hydrogen-bond acceptors (Lipinski definition) is 12. The Morgan fingerprint density at radius 3 is 0.672 bits per heavy atom. The van der Waals surface area contributed by atoms with E-state index in [2.05, 4.69) is 0 Å². The van der Waals surface area contributed by atoms with Crippen molar-refractivity contribution in [2.24, 2.45) is 18.1 Å². The lowest BCUT2D eigenvalue weighted by Crippen LogP contribution is -2.12. The molecule has 0 unspecified atom stereocenters. The first-order valence-corrected chi connectivity index (χ1v) is 27.1. The molecular formula is C48H56N4O8P4. The van der Waals surface area contributed by atoms with Crippen molar-refractivity contribution >= 4 is 30.6 Å². The summed E-state index contributed by atoms with van der Waals surface area (Å²) in [5, 5.41) is 0. The van der Waals surface area contributed by atoms with Gasteiger partial charge in [0.2, 0.25) is 0 Å². The second-order valence-electron chi connectivity index (χ2n) is 16.1. The Balaban J connectivity index is 1.73. The van der Waals surface area contributed by atoms with Gasteiger partial charge in [0.1, 0.15) is 34.5 Å². The molecule has 336 valence electrons. The van der Waals surface area contributed by atoms with Crippen molar-refractivity contribution in [1.29, 1.82) is 0 Å². The molecule has 0 amide bonds. The maximum atomic E-state index is 7.19. The summed E-state index contributed by atoms with van der Waals surface area (Å²) in [5.41, 5.74) is 5.58. The quantitative estimate of drug-likeness (QED) is 0.0879. The van der Waals surface area contributed by atoms with Crippen LogP contribution >= 0.6 is 30.6 Å². The van der Waals surface area contributed by atoms with Crippen LogP contribution in [0.1, 0.15) is 61.1 Å².